The summed E-state index contributed by atoms with van der Waals surface area (Å²) >= 11 is 1.62. The van der Waals surface area contributed by atoms with Crippen LogP contribution >= 0.6 is 11.8 Å². The van der Waals surface area contributed by atoms with Crippen molar-refractivity contribution in [3.63, 3.8) is 0 Å². The maximum absolute atomic E-state index is 13.2. The Morgan fingerprint density at radius 2 is 1.74 bits per heavy atom. The molecular weight excluding hydrogens is 462 g/mol. The average Bonchev–Trinajstić information content (AvgIpc) is 3.23. The number of nitrogens with zero attached hydrogens (tertiary/aromatic N) is 3. The van der Waals surface area contributed by atoms with Gasteiger partial charge in [-0.1, -0.05) is 56.0 Å². The Bertz CT molecular complexity index is 1170. The molecule has 1 amide bonds. The predicted octanol–water partition coefficient (Wildman–Crippen LogP) is 5.57. The van der Waals surface area contributed by atoms with Gasteiger partial charge < -0.3 is 14.2 Å². The maximum atomic E-state index is 13.2. The number of benzene rings is 2. The standard InChI is InChI=1S/C27H31N3O4S/c1-32-19-11-7-10-18(12-19)16-35-27-28-21-15-24(34-3)23(33-2)14-20(21)25-29-26(31)22(30(25)27)13-17-8-5-4-6-9-17/h7,10-12,14-15,17,22H,4-6,8-9,13,16H2,1-3H3/t22-/m1/s1. The van der Waals surface area contributed by atoms with Gasteiger partial charge in [0.2, 0.25) is 0 Å². The second-order valence-electron chi connectivity index (χ2n) is 9.16. The topological polar surface area (TPSA) is 72.7 Å². The fraction of sp³-hybridized carbons (Fsp3) is 0.444. The van der Waals surface area contributed by atoms with Gasteiger partial charge in [0.15, 0.2) is 16.7 Å². The molecular formula is C27H31N3O4S. The lowest BCUT2D eigenvalue weighted by Gasteiger charge is -2.33. The van der Waals surface area contributed by atoms with Crippen molar-refractivity contribution < 1.29 is 19.0 Å². The van der Waals surface area contributed by atoms with Crippen molar-refractivity contribution in [3.8, 4) is 17.2 Å². The smallest absolute Gasteiger partial charge is 0.270 e. The quantitative estimate of drug-likeness (QED) is 0.502. The van der Waals surface area contributed by atoms with Crippen LogP contribution in [0.4, 0.5) is 5.69 Å². The van der Waals surface area contributed by atoms with Crippen LogP contribution in [-0.4, -0.2) is 49.2 Å². The van der Waals surface area contributed by atoms with Crippen molar-refractivity contribution in [1.29, 1.82) is 0 Å². The Balaban J connectivity index is 1.50. The molecule has 2 aliphatic heterocycles. The van der Waals surface area contributed by atoms with E-state index in [9.17, 15) is 4.79 Å². The van der Waals surface area contributed by atoms with E-state index in [1.165, 1.54) is 32.1 Å². The van der Waals surface area contributed by atoms with Gasteiger partial charge in [0.05, 0.1) is 27.0 Å². The Morgan fingerprint density at radius 1 is 0.971 bits per heavy atom. The van der Waals surface area contributed by atoms with Crippen LogP contribution < -0.4 is 14.2 Å². The number of aliphatic imine (C=N–C) groups is 2. The summed E-state index contributed by atoms with van der Waals surface area (Å²) in [6.45, 7) is 0. The molecule has 0 saturated heterocycles. The minimum absolute atomic E-state index is 0.0807. The summed E-state index contributed by atoms with van der Waals surface area (Å²) in [4.78, 5) is 24.9. The number of rotatable bonds is 7. The summed E-state index contributed by atoms with van der Waals surface area (Å²) in [5, 5.41) is 0.790. The molecule has 0 spiro atoms. The number of hydrogen-bond donors (Lipinski definition) is 0. The second-order valence-corrected chi connectivity index (χ2v) is 10.1. The molecule has 0 bridgehead atoms. The zero-order valence-corrected chi connectivity index (χ0v) is 21.3. The van der Waals surface area contributed by atoms with E-state index in [1.807, 2.05) is 30.3 Å². The van der Waals surface area contributed by atoms with E-state index in [0.717, 1.165) is 34.2 Å². The first kappa shape index (κ1) is 23.7. The molecule has 184 valence electrons. The number of carbonyl (C=O) groups is 1. The van der Waals surface area contributed by atoms with Gasteiger partial charge in [0, 0.05) is 17.4 Å². The van der Waals surface area contributed by atoms with E-state index >= 15 is 0 Å². The first-order valence-electron chi connectivity index (χ1n) is 12.1. The zero-order chi connectivity index (χ0) is 24.4. The molecule has 1 aliphatic carbocycles. The summed E-state index contributed by atoms with van der Waals surface area (Å²) in [5.41, 5.74) is 2.66. The molecule has 0 aromatic heterocycles. The number of thioether (sulfide) groups is 1. The SMILES string of the molecule is COc1cccc(CSC2=Nc3cc(OC)c(OC)cc3C3=NC(=O)[C@@H](CC4CCCCC4)N23)c1. The molecule has 1 fully saturated rings. The summed E-state index contributed by atoms with van der Waals surface area (Å²) in [5.74, 6) is 3.85. The normalized spacial score (nSPS) is 19.6. The Kier molecular flexibility index (Phi) is 7.00. The van der Waals surface area contributed by atoms with E-state index in [0.29, 0.717) is 29.0 Å². The fourth-order valence-electron chi connectivity index (χ4n) is 5.16. The van der Waals surface area contributed by atoms with Crippen LogP contribution in [0.15, 0.2) is 46.4 Å². The summed E-state index contributed by atoms with van der Waals surface area (Å²) in [6.07, 6.45) is 6.94. The number of methoxy groups -OCH3 is 3. The Labute approximate surface area is 210 Å². The van der Waals surface area contributed by atoms with Gasteiger partial charge in [-0.2, -0.15) is 4.99 Å². The fourth-order valence-corrected chi connectivity index (χ4v) is 6.15. The van der Waals surface area contributed by atoms with E-state index < -0.39 is 0 Å². The van der Waals surface area contributed by atoms with Crippen LogP contribution in [0, 0.1) is 5.92 Å². The number of amides is 1. The Morgan fingerprint density at radius 3 is 2.49 bits per heavy atom. The number of carbonyl (C=O) groups excluding carboxylic acids is 1. The van der Waals surface area contributed by atoms with Gasteiger partial charge in [0.25, 0.3) is 5.91 Å². The van der Waals surface area contributed by atoms with Crippen LogP contribution in [0.25, 0.3) is 0 Å². The van der Waals surface area contributed by atoms with Gasteiger partial charge in [0.1, 0.15) is 17.6 Å². The molecule has 0 N–H and O–H groups in total. The zero-order valence-electron chi connectivity index (χ0n) is 20.5. The summed E-state index contributed by atoms with van der Waals surface area (Å²) in [7, 11) is 4.89. The second kappa shape index (κ2) is 10.3. The number of fused-ring (bicyclic) bond motifs is 3. The molecule has 1 atom stereocenters. The number of hydrogen-bond acceptors (Lipinski definition) is 7. The highest BCUT2D eigenvalue weighted by Gasteiger charge is 2.43. The lowest BCUT2D eigenvalue weighted by atomic mass is 9.84. The average molecular weight is 494 g/mol. The third-order valence-corrected chi connectivity index (χ3v) is 8.01. The lowest BCUT2D eigenvalue weighted by Crippen LogP contribution is -2.44. The van der Waals surface area contributed by atoms with Crippen molar-refractivity contribution in [2.75, 3.05) is 21.3 Å². The minimum Gasteiger partial charge on any atom is -0.497 e. The van der Waals surface area contributed by atoms with E-state index in [-0.39, 0.29) is 11.9 Å². The first-order chi connectivity index (χ1) is 17.1. The highest BCUT2D eigenvalue weighted by atomic mass is 32.2. The molecule has 0 radical (unpaired) electrons. The van der Waals surface area contributed by atoms with Crippen molar-refractivity contribution in [1.82, 2.24) is 4.90 Å². The van der Waals surface area contributed by atoms with Crippen molar-refractivity contribution in [2.45, 2.75) is 50.3 Å². The number of ether oxygens (including phenoxy) is 3. The van der Waals surface area contributed by atoms with Crippen LogP contribution in [0.2, 0.25) is 0 Å². The van der Waals surface area contributed by atoms with Gasteiger partial charge in [-0.3, -0.25) is 9.69 Å². The minimum atomic E-state index is -0.314. The highest BCUT2D eigenvalue weighted by Crippen LogP contribution is 2.42. The van der Waals surface area contributed by atoms with Crippen LogP contribution in [0.3, 0.4) is 0 Å². The first-order valence-corrected chi connectivity index (χ1v) is 13.1. The van der Waals surface area contributed by atoms with E-state index in [4.69, 9.17) is 19.2 Å². The largest absolute Gasteiger partial charge is 0.497 e. The third kappa shape index (κ3) is 4.76. The molecule has 8 heteroatoms. The van der Waals surface area contributed by atoms with E-state index in [1.54, 1.807) is 33.1 Å². The highest BCUT2D eigenvalue weighted by molar-refractivity contribution is 8.13. The molecule has 2 aromatic carbocycles. The van der Waals surface area contributed by atoms with Crippen molar-refractivity contribution in [2.24, 2.45) is 15.9 Å². The van der Waals surface area contributed by atoms with Crippen LogP contribution in [0.5, 0.6) is 17.2 Å². The van der Waals surface area contributed by atoms with Gasteiger partial charge in [-0.25, -0.2) is 4.99 Å². The molecule has 2 aromatic rings. The predicted molar refractivity (Wildman–Crippen MR) is 139 cm³/mol. The maximum Gasteiger partial charge on any atom is 0.270 e. The van der Waals surface area contributed by atoms with Crippen molar-refractivity contribution >= 4 is 34.4 Å². The molecule has 7 nitrogen and oxygen atoms in total. The molecule has 5 rings (SSSR count). The molecule has 2 heterocycles. The third-order valence-electron chi connectivity index (χ3n) is 6.99. The van der Waals surface area contributed by atoms with Gasteiger partial charge >= 0.3 is 0 Å². The van der Waals surface area contributed by atoms with Crippen LogP contribution in [-0.2, 0) is 10.5 Å². The van der Waals surface area contributed by atoms with E-state index in [2.05, 4.69) is 16.0 Å². The molecule has 35 heavy (non-hydrogen) atoms. The molecule has 1 saturated carbocycles. The monoisotopic (exact) mass is 493 g/mol. The molecule has 3 aliphatic rings. The number of amidine groups is 2. The Hall–Kier alpha value is -3.00. The van der Waals surface area contributed by atoms with Crippen LogP contribution in [0.1, 0.15) is 49.7 Å². The summed E-state index contributed by atoms with van der Waals surface area (Å²) in [6, 6.07) is 11.5. The van der Waals surface area contributed by atoms with Crippen molar-refractivity contribution in [3.05, 3.63) is 47.5 Å². The van der Waals surface area contributed by atoms with Gasteiger partial charge in [-0.15, -0.1) is 0 Å². The molecule has 0 unspecified atom stereocenters. The summed E-state index contributed by atoms with van der Waals surface area (Å²) < 4.78 is 16.4. The van der Waals surface area contributed by atoms with Gasteiger partial charge in [-0.05, 0) is 36.1 Å². The lowest BCUT2D eigenvalue weighted by molar-refractivity contribution is -0.120.